The van der Waals surface area contributed by atoms with Gasteiger partial charge in [0.15, 0.2) is 0 Å². The Hall–Kier alpha value is -2.57. The van der Waals surface area contributed by atoms with Gasteiger partial charge in [-0.3, -0.25) is 15.1 Å². The summed E-state index contributed by atoms with van der Waals surface area (Å²) in [7, 11) is 0. The molecular weight excluding hydrogens is 390 g/mol. The summed E-state index contributed by atoms with van der Waals surface area (Å²) in [6.45, 7) is 2.48. The van der Waals surface area contributed by atoms with Crippen molar-refractivity contribution in [2.24, 2.45) is 0 Å². The fourth-order valence-corrected chi connectivity index (χ4v) is 3.65. The van der Waals surface area contributed by atoms with Gasteiger partial charge in [0, 0.05) is 23.8 Å². The van der Waals surface area contributed by atoms with Crippen molar-refractivity contribution < 1.29 is 14.6 Å². The van der Waals surface area contributed by atoms with Gasteiger partial charge in [-0.05, 0) is 55.6 Å². The van der Waals surface area contributed by atoms with Crippen molar-refractivity contribution in [3.8, 4) is 0 Å². The van der Waals surface area contributed by atoms with Crippen LogP contribution in [0, 0.1) is 5.41 Å². The van der Waals surface area contributed by atoms with E-state index in [4.69, 9.17) is 21.7 Å². The van der Waals surface area contributed by atoms with Crippen molar-refractivity contribution >= 4 is 29.2 Å². The minimum absolute atomic E-state index is 0.111. The third-order valence-corrected chi connectivity index (χ3v) is 5.30. The van der Waals surface area contributed by atoms with Crippen LogP contribution in [0.25, 0.3) is 0 Å². The number of ether oxygens (including phenoxy) is 1. The van der Waals surface area contributed by atoms with E-state index in [1.807, 2.05) is 53.4 Å². The molecule has 0 radical (unpaired) electrons. The number of benzene rings is 2. The van der Waals surface area contributed by atoms with Crippen LogP contribution in [0.15, 0.2) is 48.5 Å². The molecule has 6 nitrogen and oxygen atoms in total. The van der Waals surface area contributed by atoms with Gasteiger partial charge >= 0.3 is 5.97 Å². The molecule has 3 rings (SSSR count). The molecule has 0 unspecified atom stereocenters. The molecule has 2 aromatic carbocycles. The first-order valence-electron chi connectivity index (χ1n) is 9.80. The average Bonchev–Trinajstić information content (AvgIpc) is 3.20. The summed E-state index contributed by atoms with van der Waals surface area (Å²) in [6.07, 6.45) is 2.31. The lowest BCUT2D eigenvalue weighted by Gasteiger charge is -2.21. The number of nitrogens with zero attached hydrogens (tertiary/aromatic N) is 1. The van der Waals surface area contributed by atoms with Gasteiger partial charge in [0.25, 0.3) is 0 Å². The van der Waals surface area contributed by atoms with Gasteiger partial charge in [0.05, 0.1) is 12.2 Å². The normalized spacial score (nSPS) is 16.5. The first kappa shape index (κ1) is 21.1. The van der Waals surface area contributed by atoms with Crippen molar-refractivity contribution in [1.29, 1.82) is 5.41 Å². The topological polar surface area (TPSA) is 85.7 Å². The number of hydrogen-bond acceptors (Lipinski definition) is 5. The molecule has 1 atom stereocenters. The number of likely N-dealkylation sites (tertiary alicyclic amines) is 1. The molecule has 7 heteroatoms. The van der Waals surface area contributed by atoms with Crippen molar-refractivity contribution in [2.75, 3.05) is 25.0 Å². The van der Waals surface area contributed by atoms with Crippen LogP contribution in [0.3, 0.4) is 0 Å². The number of hydrogen-bond donors (Lipinski definition) is 3. The Bertz CT molecular complexity index is 841. The lowest BCUT2D eigenvalue weighted by atomic mass is 10.1. The van der Waals surface area contributed by atoms with Gasteiger partial charge in [-0.2, -0.15) is 0 Å². The molecule has 0 aromatic heterocycles. The second-order valence-electron chi connectivity index (χ2n) is 7.09. The monoisotopic (exact) mass is 415 g/mol. The number of anilines is 1. The van der Waals surface area contributed by atoms with Crippen LogP contribution in [0.2, 0.25) is 5.02 Å². The zero-order chi connectivity index (χ0) is 20.6. The summed E-state index contributed by atoms with van der Waals surface area (Å²) in [6, 6.07) is 14.8. The standard InChI is InChI=1S/C22H26ClN3O3/c23-17-10-8-16(9-11-17)15-25-19-6-2-1-5-18(19)21(24)29-14-4-13-26-12-3-7-20(26)22(27)28/h1-2,5-6,8-11,20,24-25H,3-4,7,12-15H2,(H,27,28)/t20-/m1/s1. The van der Waals surface area contributed by atoms with Crippen molar-refractivity contribution in [3.63, 3.8) is 0 Å². The first-order valence-corrected chi connectivity index (χ1v) is 10.2. The van der Waals surface area contributed by atoms with Crippen LogP contribution in [0.4, 0.5) is 5.69 Å². The highest BCUT2D eigenvalue weighted by atomic mass is 35.5. The van der Waals surface area contributed by atoms with E-state index >= 15 is 0 Å². The number of aliphatic carboxylic acids is 1. The smallest absolute Gasteiger partial charge is 0.320 e. The molecule has 0 spiro atoms. The summed E-state index contributed by atoms with van der Waals surface area (Å²) >= 11 is 5.92. The third-order valence-electron chi connectivity index (χ3n) is 5.05. The Kier molecular flexibility index (Phi) is 7.49. The zero-order valence-electron chi connectivity index (χ0n) is 16.2. The Morgan fingerprint density at radius 1 is 1.24 bits per heavy atom. The maximum Gasteiger partial charge on any atom is 0.320 e. The molecule has 1 aliphatic heterocycles. The van der Waals surface area contributed by atoms with E-state index in [-0.39, 0.29) is 11.9 Å². The molecule has 1 fully saturated rings. The molecule has 0 amide bonds. The summed E-state index contributed by atoms with van der Waals surface area (Å²) in [5, 5.41) is 21.6. The number of halogens is 1. The molecule has 3 N–H and O–H groups in total. The molecular formula is C22H26ClN3O3. The third kappa shape index (κ3) is 5.95. The largest absolute Gasteiger partial charge is 0.480 e. The number of nitrogens with one attached hydrogen (secondary N) is 2. The highest BCUT2D eigenvalue weighted by Crippen LogP contribution is 2.19. The maximum absolute atomic E-state index is 11.2. The highest BCUT2D eigenvalue weighted by molar-refractivity contribution is 6.30. The van der Waals surface area contributed by atoms with Gasteiger partial charge in [0.1, 0.15) is 6.04 Å². The summed E-state index contributed by atoms with van der Waals surface area (Å²) in [5.41, 5.74) is 2.62. The van der Waals surface area contributed by atoms with Crippen molar-refractivity contribution in [1.82, 2.24) is 4.90 Å². The van der Waals surface area contributed by atoms with E-state index in [1.54, 1.807) is 0 Å². The quantitative estimate of drug-likeness (QED) is 0.324. The molecule has 2 aromatic rings. The fraction of sp³-hybridized carbons (Fsp3) is 0.364. The molecule has 29 heavy (non-hydrogen) atoms. The molecule has 1 heterocycles. The van der Waals surface area contributed by atoms with Gasteiger partial charge < -0.3 is 15.2 Å². The Labute approximate surface area is 175 Å². The van der Waals surface area contributed by atoms with E-state index in [0.717, 1.165) is 24.2 Å². The lowest BCUT2D eigenvalue weighted by molar-refractivity contribution is -0.142. The second kappa shape index (κ2) is 10.3. The summed E-state index contributed by atoms with van der Waals surface area (Å²) < 4.78 is 5.64. The number of para-hydroxylation sites is 1. The van der Waals surface area contributed by atoms with Crippen LogP contribution in [0.5, 0.6) is 0 Å². The number of carbonyl (C=O) groups is 1. The van der Waals surface area contributed by atoms with Gasteiger partial charge in [0.2, 0.25) is 5.90 Å². The predicted octanol–water partition coefficient (Wildman–Crippen LogP) is 4.23. The minimum Gasteiger partial charge on any atom is -0.480 e. The zero-order valence-corrected chi connectivity index (χ0v) is 17.0. The summed E-state index contributed by atoms with van der Waals surface area (Å²) in [4.78, 5) is 13.2. The first-order chi connectivity index (χ1) is 14.0. The SMILES string of the molecule is N=C(OCCCN1CCC[C@@H]1C(=O)O)c1ccccc1NCc1ccc(Cl)cc1. The predicted molar refractivity (Wildman–Crippen MR) is 115 cm³/mol. The van der Waals surface area contributed by atoms with Crippen molar-refractivity contribution in [2.45, 2.75) is 31.8 Å². The average molecular weight is 416 g/mol. The second-order valence-corrected chi connectivity index (χ2v) is 7.53. The Balaban J connectivity index is 1.49. The minimum atomic E-state index is -0.753. The van der Waals surface area contributed by atoms with Crippen LogP contribution in [-0.4, -0.2) is 47.6 Å². The van der Waals surface area contributed by atoms with E-state index in [2.05, 4.69) is 5.32 Å². The van der Waals surface area contributed by atoms with E-state index < -0.39 is 5.97 Å². The Morgan fingerprint density at radius 2 is 2.00 bits per heavy atom. The molecule has 154 valence electrons. The van der Waals surface area contributed by atoms with Gasteiger partial charge in [-0.15, -0.1) is 0 Å². The Morgan fingerprint density at radius 3 is 2.76 bits per heavy atom. The van der Waals surface area contributed by atoms with Gasteiger partial charge in [-0.1, -0.05) is 35.9 Å². The molecule has 0 saturated carbocycles. The van der Waals surface area contributed by atoms with E-state index in [9.17, 15) is 9.90 Å². The van der Waals surface area contributed by atoms with Crippen LogP contribution in [-0.2, 0) is 16.1 Å². The van der Waals surface area contributed by atoms with Crippen LogP contribution < -0.4 is 5.32 Å². The number of rotatable bonds is 9. The number of carboxylic acid groups (broad SMARTS) is 1. The maximum atomic E-state index is 11.2. The molecule has 0 aliphatic carbocycles. The lowest BCUT2D eigenvalue weighted by Crippen LogP contribution is -2.36. The van der Waals surface area contributed by atoms with E-state index in [1.165, 1.54) is 0 Å². The van der Waals surface area contributed by atoms with Gasteiger partial charge in [-0.25, -0.2) is 0 Å². The molecule has 1 saturated heterocycles. The fourth-order valence-electron chi connectivity index (χ4n) is 3.53. The molecule has 0 bridgehead atoms. The highest BCUT2D eigenvalue weighted by Gasteiger charge is 2.29. The summed E-state index contributed by atoms with van der Waals surface area (Å²) in [5.74, 6) is -0.641. The van der Waals surface area contributed by atoms with Crippen LogP contribution in [0.1, 0.15) is 30.4 Å². The number of carboxylic acids is 1. The van der Waals surface area contributed by atoms with Crippen LogP contribution >= 0.6 is 11.6 Å². The van der Waals surface area contributed by atoms with E-state index in [0.29, 0.717) is 43.1 Å². The molecule has 1 aliphatic rings. The van der Waals surface area contributed by atoms with Crippen molar-refractivity contribution in [3.05, 3.63) is 64.7 Å².